The summed E-state index contributed by atoms with van der Waals surface area (Å²) in [5.74, 6) is 0.0812. The SMILES string of the molecule is Cc1ccc(C(c2ccc(C)cc2)c2ccc(-c3ccc4c(c3)C(c3ccc(C(C)(C)C)cc3)(c3ccc(C(C)(C)C)cc3)c3cc5c(cc3-4)C(c3ccc(C(C)(C)C)cc3)(c3ccc(C(C)(C)C)cc3)c3cc(-c4ccc(N(c6ccc(C)cc6)c6ccc(C)cc6)cc4)c4ccccc4c3-5)cc2)cc1. The predicted octanol–water partition coefficient (Wildman–Crippen LogP) is 28.0. The molecule has 0 atom stereocenters. The number of anilines is 3. The molecule has 0 aliphatic heterocycles. The highest BCUT2D eigenvalue weighted by Crippen LogP contribution is 2.65. The molecule has 0 saturated carbocycles. The third-order valence-corrected chi connectivity index (χ3v) is 23.6. The summed E-state index contributed by atoms with van der Waals surface area (Å²) < 4.78 is 0. The van der Waals surface area contributed by atoms with E-state index in [2.05, 4.69) is 419 Å². The molecule has 0 amide bonds. The maximum absolute atomic E-state index is 2.70. The number of benzene rings is 14. The quantitative estimate of drug-likeness (QED) is 0.110. The zero-order valence-corrected chi connectivity index (χ0v) is 64.9. The van der Waals surface area contributed by atoms with E-state index in [0.717, 1.165) is 17.1 Å². The van der Waals surface area contributed by atoms with Crippen LogP contribution in [0.25, 0.3) is 55.3 Å². The van der Waals surface area contributed by atoms with Crippen LogP contribution in [0.1, 0.15) is 195 Å². The number of aryl methyl sites for hydroxylation is 4. The van der Waals surface area contributed by atoms with Gasteiger partial charge in [0.25, 0.3) is 0 Å². The van der Waals surface area contributed by atoms with Crippen LogP contribution >= 0.6 is 0 Å². The molecular weight excluding hydrogens is 1280 g/mol. The lowest BCUT2D eigenvalue weighted by Crippen LogP contribution is -2.30. The Morgan fingerprint density at radius 1 is 0.245 bits per heavy atom. The molecule has 0 unspecified atom stereocenters. The second-order valence-corrected chi connectivity index (χ2v) is 34.8. The molecule has 0 aromatic heterocycles. The molecule has 1 nitrogen and oxygen atoms in total. The molecule has 0 saturated heterocycles. The summed E-state index contributed by atoms with van der Waals surface area (Å²) in [6.07, 6.45) is 0. The van der Waals surface area contributed by atoms with Crippen LogP contribution in [0.2, 0.25) is 0 Å². The molecule has 0 radical (unpaired) electrons. The Balaban J connectivity index is 0.980. The number of rotatable bonds is 12. The van der Waals surface area contributed by atoms with Crippen LogP contribution < -0.4 is 4.90 Å². The van der Waals surface area contributed by atoms with Gasteiger partial charge in [0.2, 0.25) is 0 Å². The van der Waals surface area contributed by atoms with Gasteiger partial charge in [-0.15, -0.1) is 0 Å². The first-order valence-electron chi connectivity index (χ1n) is 38.3. The number of hydrogen-bond donors (Lipinski definition) is 0. The molecule has 524 valence electrons. The van der Waals surface area contributed by atoms with Gasteiger partial charge in [-0.3, -0.25) is 0 Å². The van der Waals surface area contributed by atoms with Crippen LogP contribution in [0.3, 0.4) is 0 Å². The normalized spacial score (nSPS) is 13.7. The monoisotopic (exact) mass is 1370 g/mol. The average molecular weight is 1370 g/mol. The maximum Gasteiger partial charge on any atom is 0.0714 e. The lowest BCUT2D eigenvalue weighted by Gasteiger charge is -2.37. The standard InChI is InChI=1S/C105H99N/c1-67-21-29-73(30-22-67)98(74-31-23-68(2)24-32-74)75-35-33-71(34-36-75)76-39-62-89-92-65-96-93(66-95(92)104(94(89)63-76,81-48-40-77(41-49-81)100(5,6)7)82-50-42-78(43-51-82)101(8,9)10)99-90-20-18-17-19-88(90)91(72-37-60-87(61-38-72)106(85-56-25-69(3)26-57-85)86-58-27-70(4)28-59-86)64-97(99)105(96,83-52-44-79(45-53-83)102(11,12)13)84-54-46-80(47-55-84)103(14,15)16/h17-66,98H,1-16H3. The Morgan fingerprint density at radius 2 is 0.547 bits per heavy atom. The van der Waals surface area contributed by atoms with Crippen LogP contribution in [0.5, 0.6) is 0 Å². The molecule has 14 aromatic carbocycles. The van der Waals surface area contributed by atoms with Crippen molar-refractivity contribution in [1.29, 1.82) is 0 Å². The van der Waals surface area contributed by atoms with Crippen molar-refractivity contribution in [3.8, 4) is 44.5 Å². The Kier molecular flexibility index (Phi) is 17.1. The Hall–Kier alpha value is -10.9. The van der Waals surface area contributed by atoms with Crippen molar-refractivity contribution in [2.45, 2.75) is 149 Å². The molecule has 16 rings (SSSR count). The van der Waals surface area contributed by atoms with E-state index in [0.29, 0.717) is 0 Å². The van der Waals surface area contributed by atoms with Gasteiger partial charge in [0.05, 0.1) is 10.8 Å². The maximum atomic E-state index is 2.70. The van der Waals surface area contributed by atoms with Crippen molar-refractivity contribution < 1.29 is 0 Å². The van der Waals surface area contributed by atoms with Gasteiger partial charge in [-0.05, 0) is 249 Å². The third kappa shape index (κ3) is 12.0. The van der Waals surface area contributed by atoms with Crippen molar-refractivity contribution in [1.82, 2.24) is 0 Å². The second-order valence-electron chi connectivity index (χ2n) is 34.8. The highest BCUT2D eigenvalue weighted by molar-refractivity contribution is 6.11. The highest BCUT2D eigenvalue weighted by Gasteiger charge is 2.53. The van der Waals surface area contributed by atoms with E-state index in [1.165, 1.54) is 161 Å². The molecular formula is C105H99N. The molecule has 1 heteroatoms. The molecule has 14 aromatic rings. The summed E-state index contributed by atoms with van der Waals surface area (Å²) in [7, 11) is 0. The molecule has 0 fully saturated rings. The smallest absolute Gasteiger partial charge is 0.0714 e. The van der Waals surface area contributed by atoms with Gasteiger partial charge in [-0.1, -0.05) is 348 Å². The fourth-order valence-corrected chi connectivity index (χ4v) is 17.5. The summed E-state index contributed by atoms with van der Waals surface area (Å²) in [6.45, 7) is 36.7. The van der Waals surface area contributed by atoms with E-state index in [4.69, 9.17) is 0 Å². The fourth-order valence-electron chi connectivity index (χ4n) is 17.5. The zero-order valence-electron chi connectivity index (χ0n) is 64.9. The fraction of sp³-hybridized carbons (Fsp3) is 0.219. The average Bonchev–Trinajstić information content (AvgIpc) is 1.50. The molecule has 2 aliphatic rings. The van der Waals surface area contributed by atoms with Crippen molar-refractivity contribution in [2.24, 2.45) is 0 Å². The number of fused-ring (bicyclic) bond motifs is 8. The van der Waals surface area contributed by atoms with E-state index in [9.17, 15) is 0 Å². The first-order chi connectivity index (χ1) is 50.7. The van der Waals surface area contributed by atoms with Gasteiger partial charge >= 0.3 is 0 Å². The summed E-state index contributed by atoms with van der Waals surface area (Å²) in [5.41, 5.74) is 35.6. The Morgan fingerprint density at radius 3 is 0.943 bits per heavy atom. The summed E-state index contributed by atoms with van der Waals surface area (Å²) in [4.78, 5) is 2.39. The summed E-state index contributed by atoms with van der Waals surface area (Å²) >= 11 is 0. The van der Waals surface area contributed by atoms with Gasteiger partial charge in [-0.2, -0.15) is 0 Å². The first-order valence-corrected chi connectivity index (χ1v) is 38.3. The largest absolute Gasteiger partial charge is 0.311 e. The van der Waals surface area contributed by atoms with Crippen molar-refractivity contribution in [3.05, 3.63) is 409 Å². The Labute approximate surface area is 631 Å². The van der Waals surface area contributed by atoms with Crippen molar-refractivity contribution in [2.75, 3.05) is 4.90 Å². The molecule has 0 N–H and O–H groups in total. The first kappa shape index (κ1) is 69.5. The van der Waals surface area contributed by atoms with E-state index in [1.807, 2.05) is 0 Å². The van der Waals surface area contributed by atoms with E-state index >= 15 is 0 Å². The molecule has 0 heterocycles. The van der Waals surface area contributed by atoms with E-state index in [-0.39, 0.29) is 27.6 Å². The minimum absolute atomic E-state index is 0.0576. The molecule has 0 bridgehead atoms. The van der Waals surface area contributed by atoms with Crippen molar-refractivity contribution >= 4 is 27.8 Å². The van der Waals surface area contributed by atoms with Gasteiger partial charge in [0.15, 0.2) is 0 Å². The summed E-state index contributed by atoms with van der Waals surface area (Å²) in [6, 6.07) is 119. The molecule has 106 heavy (non-hydrogen) atoms. The lowest BCUT2D eigenvalue weighted by molar-refractivity contribution is 0.588. The van der Waals surface area contributed by atoms with E-state index in [1.54, 1.807) is 0 Å². The van der Waals surface area contributed by atoms with Gasteiger partial charge in [-0.25, -0.2) is 0 Å². The minimum atomic E-state index is -0.788. The van der Waals surface area contributed by atoms with Crippen LogP contribution in [0, 0.1) is 27.7 Å². The summed E-state index contributed by atoms with van der Waals surface area (Å²) in [5, 5.41) is 2.46. The topological polar surface area (TPSA) is 3.24 Å². The number of hydrogen-bond acceptors (Lipinski definition) is 1. The van der Waals surface area contributed by atoms with Crippen LogP contribution in [0.4, 0.5) is 17.1 Å². The third-order valence-electron chi connectivity index (χ3n) is 23.6. The Bertz CT molecular complexity index is 5400. The minimum Gasteiger partial charge on any atom is -0.311 e. The molecule has 0 spiro atoms. The van der Waals surface area contributed by atoms with Crippen molar-refractivity contribution in [3.63, 3.8) is 0 Å². The van der Waals surface area contributed by atoms with E-state index < -0.39 is 10.8 Å². The van der Waals surface area contributed by atoms with Gasteiger partial charge in [0, 0.05) is 23.0 Å². The van der Waals surface area contributed by atoms with Crippen LogP contribution in [-0.2, 0) is 32.5 Å². The van der Waals surface area contributed by atoms with Gasteiger partial charge < -0.3 is 4.90 Å². The highest BCUT2D eigenvalue weighted by atomic mass is 15.1. The zero-order chi connectivity index (χ0) is 74.0. The van der Waals surface area contributed by atoms with Crippen LogP contribution in [-0.4, -0.2) is 0 Å². The van der Waals surface area contributed by atoms with Crippen LogP contribution in [0.15, 0.2) is 303 Å². The predicted molar refractivity (Wildman–Crippen MR) is 452 cm³/mol. The molecule has 2 aliphatic carbocycles. The second kappa shape index (κ2) is 26.0. The van der Waals surface area contributed by atoms with Gasteiger partial charge in [0.1, 0.15) is 0 Å². The number of nitrogens with zero attached hydrogens (tertiary/aromatic N) is 1. The lowest BCUT2D eigenvalue weighted by atomic mass is 9.65.